The second-order valence-corrected chi connectivity index (χ2v) is 12.4. The van der Waals surface area contributed by atoms with Gasteiger partial charge in [0.2, 0.25) is 0 Å². The fourth-order valence-corrected chi connectivity index (χ4v) is 7.86. The predicted molar refractivity (Wildman–Crippen MR) is 199 cm³/mol. The molecule has 0 saturated heterocycles. The number of rotatable bonds is 3. The Kier molecular flexibility index (Phi) is 5.64. The number of benzene rings is 7. The van der Waals surface area contributed by atoms with Crippen molar-refractivity contribution in [1.29, 1.82) is 10.5 Å². The van der Waals surface area contributed by atoms with Gasteiger partial charge in [0.25, 0.3) is 0 Å². The Morgan fingerprint density at radius 2 is 0.735 bits per heavy atom. The first-order chi connectivity index (χ1) is 24.2. The maximum Gasteiger partial charge on any atom is 0.0991 e. The van der Waals surface area contributed by atoms with E-state index in [-0.39, 0.29) is 0 Å². The summed E-state index contributed by atoms with van der Waals surface area (Å²) in [6, 6.07) is 57.0. The van der Waals surface area contributed by atoms with Crippen molar-refractivity contribution in [2.45, 2.75) is 0 Å². The molecule has 5 heteroatoms. The molecule has 3 aromatic heterocycles. The maximum absolute atomic E-state index is 9.70. The summed E-state index contributed by atoms with van der Waals surface area (Å²) in [7, 11) is 0. The summed E-state index contributed by atoms with van der Waals surface area (Å²) >= 11 is 0. The van der Waals surface area contributed by atoms with Crippen molar-refractivity contribution in [2.24, 2.45) is 0 Å². The topological polar surface area (TPSA) is 62.4 Å². The summed E-state index contributed by atoms with van der Waals surface area (Å²) in [6.07, 6.45) is 0. The molecule has 0 bridgehead atoms. The van der Waals surface area contributed by atoms with Crippen LogP contribution < -0.4 is 0 Å². The fourth-order valence-electron chi connectivity index (χ4n) is 7.86. The smallest absolute Gasteiger partial charge is 0.0991 e. The normalized spacial score (nSPS) is 11.6. The lowest BCUT2D eigenvalue weighted by molar-refractivity contribution is 1.17. The van der Waals surface area contributed by atoms with E-state index in [0.29, 0.717) is 11.1 Å². The molecule has 0 N–H and O–H groups in total. The largest absolute Gasteiger partial charge is 0.309 e. The summed E-state index contributed by atoms with van der Waals surface area (Å²) in [4.78, 5) is 0. The number of fused-ring (bicyclic) bond motifs is 11. The van der Waals surface area contributed by atoms with Crippen molar-refractivity contribution in [3.05, 3.63) is 163 Å². The molecule has 0 aliphatic rings. The second-order valence-electron chi connectivity index (χ2n) is 12.4. The van der Waals surface area contributed by atoms with Gasteiger partial charge in [-0.1, -0.05) is 66.7 Å². The average molecular weight is 624 g/mol. The number of hydrogen-bond acceptors (Lipinski definition) is 2. The molecule has 0 unspecified atom stereocenters. The number of nitriles is 2. The highest BCUT2D eigenvalue weighted by molar-refractivity contribution is 6.31. The van der Waals surface area contributed by atoms with E-state index in [4.69, 9.17) is 0 Å². The minimum atomic E-state index is 0.623. The zero-order valence-electron chi connectivity index (χ0n) is 26.2. The third-order valence-corrected chi connectivity index (χ3v) is 9.88. The highest BCUT2D eigenvalue weighted by atomic mass is 15.0. The van der Waals surface area contributed by atoms with Gasteiger partial charge in [0.05, 0.1) is 56.4 Å². The van der Waals surface area contributed by atoms with Crippen LogP contribution in [0.2, 0.25) is 0 Å². The van der Waals surface area contributed by atoms with E-state index >= 15 is 0 Å². The monoisotopic (exact) mass is 623 g/mol. The van der Waals surface area contributed by atoms with E-state index in [1.807, 2.05) is 36.4 Å². The van der Waals surface area contributed by atoms with E-state index in [2.05, 4.69) is 141 Å². The summed E-state index contributed by atoms with van der Waals surface area (Å²) in [5.74, 6) is 0. The first-order valence-corrected chi connectivity index (χ1v) is 16.2. The van der Waals surface area contributed by atoms with Crippen LogP contribution in [0.4, 0.5) is 0 Å². The predicted octanol–water partition coefficient (Wildman–Crippen LogP) is 10.7. The summed E-state index contributed by atoms with van der Waals surface area (Å²) in [5.41, 5.74) is 11.1. The Balaban J connectivity index is 1.45. The molecule has 10 aromatic rings. The highest BCUT2D eigenvalue weighted by Gasteiger charge is 2.24. The minimum Gasteiger partial charge on any atom is -0.309 e. The molecule has 0 aliphatic heterocycles. The molecule has 49 heavy (non-hydrogen) atoms. The van der Waals surface area contributed by atoms with Crippen LogP contribution in [0.25, 0.3) is 82.5 Å². The van der Waals surface area contributed by atoms with Crippen molar-refractivity contribution >= 4 is 65.4 Å². The Morgan fingerprint density at radius 1 is 0.327 bits per heavy atom. The first kappa shape index (κ1) is 27.1. The van der Waals surface area contributed by atoms with Crippen LogP contribution in [-0.4, -0.2) is 13.7 Å². The molecule has 0 saturated carbocycles. The van der Waals surface area contributed by atoms with Gasteiger partial charge in [0, 0.05) is 49.4 Å². The third-order valence-electron chi connectivity index (χ3n) is 9.88. The average Bonchev–Trinajstić information content (AvgIpc) is 3.81. The lowest BCUT2D eigenvalue weighted by Gasteiger charge is -2.11. The molecule has 3 heterocycles. The Hall–Kier alpha value is -7.08. The SMILES string of the molecule is N#Cc1ccc(-n2c3ccccc3c3c2ccc2c4ccc5c(c6ccccc6n5-c5ccccc5)c4n(-c4ccc(C#N)cc4)c23)cc1. The van der Waals surface area contributed by atoms with E-state index in [1.54, 1.807) is 0 Å². The van der Waals surface area contributed by atoms with Gasteiger partial charge < -0.3 is 13.7 Å². The van der Waals surface area contributed by atoms with Crippen molar-refractivity contribution in [3.63, 3.8) is 0 Å². The van der Waals surface area contributed by atoms with Crippen LogP contribution in [0.15, 0.2) is 152 Å². The van der Waals surface area contributed by atoms with Crippen molar-refractivity contribution in [3.8, 4) is 29.2 Å². The van der Waals surface area contributed by atoms with Crippen LogP contribution in [0, 0.1) is 22.7 Å². The van der Waals surface area contributed by atoms with Crippen LogP contribution >= 0.6 is 0 Å². The summed E-state index contributed by atoms with van der Waals surface area (Å²) in [5, 5.41) is 26.2. The van der Waals surface area contributed by atoms with Gasteiger partial charge in [0.1, 0.15) is 0 Å². The number of para-hydroxylation sites is 3. The summed E-state index contributed by atoms with van der Waals surface area (Å²) in [6.45, 7) is 0. The number of nitrogens with zero attached hydrogens (tertiary/aromatic N) is 5. The van der Waals surface area contributed by atoms with Gasteiger partial charge >= 0.3 is 0 Å². The molecular formula is C44H25N5. The number of hydrogen-bond donors (Lipinski definition) is 0. The lowest BCUT2D eigenvalue weighted by atomic mass is 10.1. The zero-order valence-corrected chi connectivity index (χ0v) is 26.2. The zero-order chi connectivity index (χ0) is 32.6. The van der Waals surface area contributed by atoms with Gasteiger partial charge in [-0.05, 0) is 84.9 Å². The molecule has 0 spiro atoms. The van der Waals surface area contributed by atoms with E-state index in [1.165, 1.54) is 16.2 Å². The minimum absolute atomic E-state index is 0.623. The molecule has 0 amide bonds. The second kappa shape index (κ2) is 10.2. The van der Waals surface area contributed by atoms with Crippen molar-refractivity contribution in [1.82, 2.24) is 13.7 Å². The van der Waals surface area contributed by atoms with Gasteiger partial charge in [-0.25, -0.2) is 0 Å². The molecule has 10 rings (SSSR count). The lowest BCUT2D eigenvalue weighted by Crippen LogP contribution is -1.96. The first-order valence-electron chi connectivity index (χ1n) is 16.2. The molecular weight excluding hydrogens is 599 g/mol. The van der Waals surface area contributed by atoms with E-state index < -0.39 is 0 Å². The van der Waals surface area contributed by atoms with Gasteiger partial charge in [-0.2, -0.15) is 10.5 Å². The molecule has 0 fully saturated rings. The quantitative estimate of drug-likeness (QED) is 0.197. The maximum atomic E-state index is 9.70. The highest BCUT2D eigenvalue weighted by Crippen LogP contribution is 2.46. The van der Waals surface area contributed by atoms with Crippen molar-refractivity contribution < 1.29 is 0 Å². The number of aromatic nitrogens is 3. The van der Waals surface area contributed by atoms with Crippen LogP contribution in [0.3, 0.4) is 0 Å². The van der Waals surface area contributed by atoms with Crippen LogP contribution in [0.5, 0.6) is 0 Å². The Bertz CT molecular complexity index is 3030. The molecule has 226 valence electrons. The summed E-state index contributed by atoms with van der Waals surface area (Å²) < 4.78 is 7.06. The Labute approximate surface area is 280 Å². The van der Waals surface area contributed by atoms with E-state index in [0.717, 1.165) is 66.3 Å². The Morgan fingerprint density at radius 3 is 1.20 bits per heavy atom. The van der Waals surface area contributed by atoms with Crippen LogP contribution in [0.1, 0.15) is 11.1 Å². The van der Waals surface area contributed by atoms with Gasteiger partial charge in [-0.15, -0.1) is 0 Å². The van der Waals surface area contributed by atoms with Gasteiger partial charge in [-0.3, -0.25) is 0 Å². The van der Waals surface area contributed by atoms with Gasteiger partial charge in [0.15, 0.2) is 0 Å². The van der Waals surface area contributed by atoms with E-state index in [9.17, 15) is 10.5 Å². The molecule has 0 radical (unpaired) electrons. The molecule has 0 atom stereocenters. The molecule has 7 aromatic carbocycles. The van der Waals surface area contributed by atoms with Crippen molar-refractivity contribution in [2.75, 3.05) is 0 Å². The standard InChI is InChI=1S/C44H25N5/c45-26-28-14-18-31(19-15-28)48-38-13-7-5-11-36(38)42-40(48)25-23-34-33-22-24-39-41(43(33)49(44(34)42)32-20-16-29(27-46)17-21-32)35-10-4-6-12-37(35)47(39)30-8-2-1-3-9-30/h1-25H. The molecule has 5 nitrogen and oxygen atoms in total. The van der Waals surface area contributed by atoms with Crippen LogP contribution in [-0.2, 0) is 0 Å². The third kappa shape index (κ3) is 3.73. The molecule has 0 aliphatic carbocycles. The fraction of sp³-hybridized carbons (Fsp3) is 0.